The maximum Gasteiger partial charge on any atom is 0.216 e. The van der Waals surface area contributed by atoms with Gasteiger partial charge in [-0.25, -0.2) is 0 Å². The third kappa shape index (κ3) is 5.48. The van der Waals surface area contributed by atoms with Crippen LogP contribution in [-0.2, 0) is 9.59 Å². The van der Waals surface area contributed by atoms with E-state index in [1.54, 1.807) is 0 Å². The third-order valence-electron chi connectivity index (χ3n) is 2.74. The molecule has 0 radical (unpaired) electrons. The van der Waals surface area contributed by atoms with Gasteiger partial charge in [0.1, 0.15) is 0 Å². The van der Waals surface area contributed by atoms with Crippen LogP contribution in [0.15, 0.2) is 30.3 Å². The number of hydrogen-bond acceptors (Lipinski definition) is 2. The summed E-state index contributed by atoms with van der Waals surface area (Å²) in [5.74, 6) is 0.166. The summed E-state index contributed by atoms with van der Waals surface area (Å²) in [6, 6.07) is 10.0. The molecule has 0 aromatic heterocycles. The highest BCUT2D eigenvalue weighted by Crippen LogP contribution is 2.17. The van der Waals surface area contributed by atoms with Gasteiger partial charge in [-0.15, -0.1) is 0 Å². The molecule has 18 heavy (non-hydrogen) atoms. The van der Waals surface area contributed by atoms with Crippen LogP contribution < -0.4 is 10.6 Å². The second-order valence-corrected chi connectivity index (χ2v) is 4.32. The summed E-state index contributed by atoms with van der Waals surface area (Å²) < 4.78 is 0. The molecule has 1 unspecified atom stereocenters. The number of nitrogens with one attached hydrogen (secondary N) is 2. The van der Waals surface area contributed by atoms with Gasteiger partial charge in [-0.2, -0.15) is 0 Å². The Balaban J connectivity index is 2.57. The van der Waals surface area contributed by atoms with E-state index < -0.39 is 0 Å². The molecular weight excluding hydrogens is 228 g/mol. The van der Waals surface area contributed by atoms with Gasteiger partial charge in [-0.05, 0) is 12.0 Å². The van der Waals surface area contributed by atoms with Gasteiger partial charge in [0.2, 0.25) is 11.8 Å². The molecule has 0 heterocycles. The lowest BCUT2D eigenvalue weighted by atomic mass is 9.95. The van der Waals surface area contributed by atoms with Gasteiger partial charge < -0.3 is 10.6 Å². The van der Waals surface area contributed by atoms with Crippen LogP contribution in [0.3, 0.4) is 0 Å². The van der Waals surface area contributed by atoms with Crippen LogP contribution >= 0.6 is 0 Å². The Labute approximate surface area is 108 Å². The average Bonchev–Trinajstić information content (AvgIpc) is 2.34. The molecule has 2 N–H and O–H groups in total. The molecule has 0 fully saturated rings. The molecule has 4 nitrogen and oxygen atoms in total. The van der Waals surface area contributed by atoms with Crippen molar-refractivity contribution in [2.45, 2.75) is 26.2 Å². The van der Waals surface area contributed by atoms with Crippen LogP contribution in [-0.4, -0.2) is 24.9 Å². The summed E-state index contributed by atoms with van der Waals surface area (Å²) in [6.45, 7) is 4.23. The molecule has 0 aliphatic rings. The predicted molar refractivity (Wildman–Crippen MR) is 71.2 cm³/mol. The molecule has 0 aliphatic heterocycles. The molecule has 0 saturated heterocycles. The summed E-state index contributed by atoms with van der Waals surface area (Å²) in [6.07, 6.45) is 0.809. The van der Waals surface area contributed by atoms with Crippen LogP contribution in [0, 0.1) is 0 Å². The minimum atomic E-state index is -0.0320. The van der Waals surface area contributed by atoms with Crippen molar-refractivity contribution >= 4 is 11.8 Å². The van der Waals surface area contributed by atoms with E-state index in [4.69, 9.17) is 0 Å². The first-order valence-electron chi connectivity index (χ1n) is 6.13. The lowest BCUT2D eigenvalue weighted by molar-refractivity contribution is -0.120. The summed E-state index contributed by atoms with van der Waals surface area (Å²) in [7, 11) is 0. The molecule has 0 saturated carbocycles. The van der Waals surface area contributed by atoms with Gasteiger partial charge in [-0.3, -0.25) is 9.59 Å². The first-order chi connectivity index (χ1) is 8.59. The van der Waals surface area contributed by atoms with Gasteiger partial charge in [0, 0.05) is 32.9 Å². The Hall–Kier alpha value is -1.84. The fraction of sp³-hybridized carbons (Fsp3) is 0.429. The standard InChI is InChI=1S/C14H20N2O2/c1-11(17)15-9-8-14(10-16-12(2)18)13-6-4-3-5-7-13/h3-7,14H,8-10H2,1-2H3,(H,15,17)(H,16,18). The van der Waals surface area contributed by atoms with E-state index in [1.807, 2.05) is 30.3 Å². The molecule has 4 heteroatoms. The Morgan fingerprint density at radius 3 is 2.22 bits per heavy atom. The molecule has 1 atom stereocenters. The predicted octanol–water partition coefficient (Wildman–Crippen LogP) is 1.43. The van der Waals surface area contributed by atoms with Crippen molar-refractivity contribution in [3.63, 3.8) is 0 Å². The monoisotopic (exact) mass is 248 g/mol. The lowest BCUT2D eigenvalue weighted by Gasteiger charge is -2.17. The highest BCUT2D eigenvalue weighted by molar-refractivity contribution is 5.73. The first-order valence-corrected chi connectivity index (χ1v) is 6.13. The van der Waals surface area contributed by atoms with E-state index in [0.717, 1.165) is 6.42 Å². The minimum Gasteiger partial charge on any atom is -0.356 e. The molecule has 1 aromatic rings. The van der Waals surface area contributed by atoms with Crippen molar-refractivity contribution in [1.29, 1.82) is 0 Å². The number of amides is 2. The van der Waals surface area contributed by atoms with Crippen LogP contribution in [0.1, 0.15) is 31.7 Å². The van der Waals surface area contributed by atoms with Crippen molar-refractivity contribution in [3.8, 4) is 0 Å². The Kier molecular flexibility index (Phi) is 5.91. The van der Waals surface area contributed by atoms with Crippen LogP contribution in [0.25, 0.3) is 0 Å². The molecule has 1 rings (SSSR count). The van der Waals surface area contributed by atoms with Crippen molar-refractivity contribution in [2.24, 2.45) is 0 Å². The number of hydrogen-bond donors (Lipinski definition) is 2. The largest absolute Gasteiger partial charge is 0.356 e. The number of benzene rings is 1. The Morgan fingerprint density at radius 2 is 1.67 bits per heavy atom. The molecule has 2 amide bonds. The van der Waals surface area contributed by atoms with Crippen molar-refractivity contribution in [3.05, 3.63) is 35.9 Å². The zero-order chi connectivity index (χ0) is 13.4. The number of carbonyl (C=O) groups excluding carboxylic acids is 2. The van der Waals surface area contributed by atoms with Gasteiger partial charge in [0.05, 0.1) is 0 Å². The van der Waals surface area contributed by atoms with E-state index in [1.165, 1.54) is 19.4 Å². The molecule has 98 valence electrons. The summed E-state index contributed by atoms with van der Waals surface area (Å²) in [5, 5.41) is 5.61. The molecule has 0 aliphatic carbocycles. The maximum absolute atomic E-state index is 11.0. The van der Waals surface area contributed by atoms with Gasteiger partial charge in [0.25, 0.3) is 0 Å². The fourth-order valence-electron chi connectivity index (χ4n) is 1.80. The lowest BCUT2D eigenvalue weighted by Crippen LogP contribution is -2.29. The van der Waals surface area contributed by atoms with Crippen LogP contribution in [0.4, 0.5) is 0 Å². The summed E-state index contributed by atoms with van der Waals surface area (Å²) in [5.41, 5.74) is 1.18. The maximum atomic E-state index is 11.0. The average molecular weight is 248 g/mol. The van der Waals surface area contributed by atoms with Crippen molar-refractivity contribution in [1.82, 2.24) is 10.6 Å². The molecule has 0 bridgehead atoms. The summed E-state index contributed by atoms with van der Waals surface area (Å²) >= 11 is 0. The van der Waals surface area contributed by atoms with E-state index in [2.05, 4.69) is 10.6 Å². The Bertz CT molecular complexity index is 390. The molecular formula is C14H20N2O2. The highest BCUT2D eigenvalue weighted by Gasteiger charge is 2.11. The zero-order valence-electron chi connectivity index (χ0n) is 10.9. The molecule has 1 aromatic carbocycles. The zero-order valence-corrected chi connectivity index (χ0v) is 10.9. The van der Waals surface area contributed by atoms with Gasteiger partial charge >= 0.3 is 0 Å². The van der Waals surface area contributed by atoms with E-state index in [-0.39, 0.29) is 17.7 Å². The van der Waals surface area contributed by atoms with Gasteiger partial charge in [0.15, 0.2) is 0 Å². The van der Waals surface area contributed by atoms with Crippen molar-refractivity contribution in [2.75, 3.05) is 13.1 Å². The van der Waals surface area contributed by atoms with E-state index in [0.29, 0.717) is 13.1 Å². The minimum absolute atomic E-state index is 0.0265. The smallest absolute Gasteiger partial charge is 0.216 e. The second kappa shape index (κ2) is 7.48. The molecule has 0 spiro atoms. The first kappa shape index (κ1) is 14.2. The van der Waals surface area contributed by atoms with Crippen LogP contribution in [0.5, 0.6) is 0 Å². The Morgan fingerprint density at radius 1 is 1.06 bits per heavy atom. The quantitative estimate of drug-likeness (QED) is 0.800. The third-order valence-corrected chi connectivity index (χ3v) is 2.74. The number of rotatable bonds is 6. The second-order valence-electron chi connectivity index (χ2n) is 4.32. The van der Waals surface area contributed by atoms with E-state index in [9.17, 15) is 9.59 Å². The fourth-order valence-corrected chi connectivity index (χ4v) is 1.80. The SMILES string of the molecule is CC(=O)NCCC(CNC(C)=O)c1ccccc1. The number of carbonyl (C=O) groups is 2. The van der Waals surface area contributed by atoms with Gasteiger partial charge in [-0.1, -0.05) is 30.3 Å². The van der Waals surface area contributed by atoms with E-state index >= 15 is 0 Å². The van der Waals surface area contributed by atoms with Crippen LogP contribution in [0.2, 0.25) is 0 Å². The van der Waals surface area contributed by atoms with Crippen molar-refractivity contribution < 1.29 is 9.59 Å². The topological polar surface area (TPSA) is 58.2 Å². The normalized spacial score (nSPS) is 11.7. The highest BCUT2D eigenvalue weighted by atomic mass is 16.2. The summed E-state index contributed by atoms with van der Waals surface area (Å²) in [4.78, 5) is 21.8.